The van der Waals surface area contributed by atoms with Gasteiger partial charge in [-0.3, -0.25) is 0 Å². The second-order valence-electron chi connectivity index (χ2n) is 4.34. The van der Waals surface area contributed by atoms with E-state index < -0.39 is 11.0 Å². The largest absolute Gasteiger partial charge is 0.496 e. The van der Waals surface area contributed by atoms with Gasteiger partial charge in [-0.15, -0.1) is 0 Å². The van der Waals surface area contributed by atoms with Crippen molar-refractivity contribution >= 4 is 17.2 Å². The van der Waals surface area contributed by atoms with Gasteiger partial charge in [0.15, 0.2) is 0 Å². The average Bonchev–Trinajstić information content (AvgIpc) is 2.24. The molecule has 0 aliphatic rings. The van der Waals surface area contributed by atoms with Crippen molar-refractivity contribution in [3.05, 3.63) is 29.8 Å². The van der Waals surface area contributed by atoms with Crippen LogP contribution in [0.1, 0.15) is 26.3 Å². The van der Waals surface area contributed by atoms with Gasteiger partial charge in [0.25, 0.3) is 0 Å². The SMILES string of the molecule is COc1ccccc1/C=N/[S@@](=O)C(C)(C)C. The molecule has 3 nitrogen and oxygen atoms in total. The van der Waals surface area contributed by atoms with Crippen LogP contribution >= 0.6 is 0 Å². The summed E-state index contributed by atoms with van der Waals surface area (Å²) in [5, 5.41) is 0. The predicted molar refractivity (Wildman–Crippen MR) is 68.5 cm³/mol. The summed E-state index contributed by atoms with van der Waals surface area (Å²) >= 11 is 0. The van der Waals surface area contributed by atoms with E-state index in [4.69, 9.17) is 4.74 Å². The number of para-hydroxylation sites is 1. The molecule has 0 heterocycles. The van der Waals surface area contributed by atoms with Crippen molar-refractivity contribution in [3.8, 4) is 5.75 Å². The lowest BCUT2D eigenvalue weighted by atomic mass is 10.2. The summed E-state index contributed by atoms with van der Waals surface area (Å²) in [6, 6.07) is 7.50. The number of methoxy groups -OCH3 is 1. The van der Waals surface area contributed by atoms with Gasteiger partial charge >= 0.3 is 0 Å². The van der Waals surface area contributed by atoms with Crippen LogP contribution in [0.4, 0.5) is 0 Å². The molecule has 0 N–H and O–H groups in total. The van der Waals surface area contributed by atoms with E-state index in [1.54, 1.807) is 13.3 Å². The van der Waals surface area contributed by atoms with Crippen LogP contribution in [0, 0.1) is 0 Å². The van der Waals surface area contributed by atoms with Crippen LogP contribution in [-0.4, -0.2) is 22.3 Å². The third-order valence-electron chi connectivity index (χ3n) is 1.95. The first-order chi connectivity index (χ1) is 7.45. The summed E-state index contributed by atoms with van der Waals surface area (Å²) in [5.74, 6) is 0.733. The van der Waals surface area contributed by atoms with Gasteiger partial charge in [0.2, 0.25) is 0 Å². The number of hydrogen-bond donors (Lipinski definition) is 0. The Labute approximate surface area is 99.1 Å². The van der Waals surface area contributed by atoms with E-state index >= 15 is 0 Å². The van der Waals surface area contributed by atoms with Crippen molar-refractivity contribution in [2.24, 2.45) is 4.40 Å². The summed E-state index contributed by atoms with van der Waals surface area (Å²) < 4.78 is 20.6. The van der Waals surface area contributed by atoms with E-state index in [1.807, 2.05) is 45.0 Å². The van der Waals surface area contributed by atoms with Crippen molar-refractivity contribution < 1.29 is 8.95 Å². The van der Waals surface area contributed by atoms with E-state index in [0.717, 1.165) is 11.3 Å². The predicted octanol–water partition coefficient (Wildman–Crippen LogP) is 2.58. The summed E-state index contributed by atoms with van der Waals surface area (Å²) in [7, 11) is 0.370. The summed E-state index contributed by atoms with van der Waals surface area (Å²) in [4.78, 5) is 0. The molecule has 0 aromatic heterocycles. The van der Waals surface area contributed by atoms with Crippen LogP contribution in [0.25, 0.3) is 0 Å². The smallest absolute Gasteiger partial charge is 0.144 e. The summed E-state index contributed by atoms with van der Waals surface area (Å²) in [6.07, 6.45) is 1.60. The minimum absolute atomic E-state index is 0.335. The van der Waals surface area contributed by atoms with Crippen LogP contribution < -0.4 is 4.74 Å². The molecule has 1 atom stereocenters. The Kier molecular flexibility index (Phi) is 4.24. The molecule has 0 amide bonds. The fourth-order valence-corrected chi connectivity index (χ4v) is 1.56. The van der Waals surface area contributed by atoms with Gasteiger partial charge in [-0.05, 0) is 32.9 Å². The van der Waals surface area contributed by atoms with Crippen LogP contribution in [0.3, 0.4) is 0 Å². The van der Waals surface area contributed by atoms with E-state index in [1.165, 1.54) is 0 Å². The highest BCUT2D eigenvalue weighted by Gasteiger charge is 2.18. The highest BCUT2D eigenvalue weighted by Crippen LogP contribution is 2.16. The Morgan fingerprint density at radius 2 is 1.94 bits per heavy atom. The molecule has 0 unspecified atom stereocenters. The van der Waals surface area contributed by atoms with Gasteiger partial charge in [-0.1, -0.05) is 12.1 Å². The number of ether oxygens (including phenoxy) is 1. The molecular weight excluding hydrogens is 222 g/mol. The zero-order valence-electron chi connectivity index (χ0n) is 10.1. The fourth-order valence-electron chi connectivity index (χ4n) is 1.04. The van der Waals surface area contributed by atoms with Crippen LogP contribution in [-0.2, 0) is 11.0 Å². The molecule has 0 saturated heterocycles. The maximum Gasteiger partial charge on any atom is 0.144 e. The standard InChI is InChI=1S/C12H17NO2S/c1-12(2,3)16(14)13-9-10-7-5-6-8-11(10)15-4/h5-9H,1-4H3/b13-9+/t16-/m0/s1. The quantitative estimate of drug-likeness (QED) is 0.760. The lowest BCUT2D eigenvalue weighted by Gasteiger charge is -2.12. The van der Waals surface area contributed by atoms with Crippen molar-refractivity contribution in [2.75, 3.05) is 7.11 Å². The summed E-state index contributed by atoms with van der Waals surface area (Å²) in [5.41, 5.74) is 0.836. The van der Waals surface area contributed by atoms with Gasteiger partial charge in [-0.2, -0.15) is 4.40 Å². The van der Waals surface area contributed by atoms with Gasteiger partial charge in [0.1, 0.15) is 16.7 Å². The van der Waals surface area contributed by atoms with E-state index in [9.17, 15) is 4.21 Å². The number of nitrogens with zero attached hydrogens (tertiary/aromatic N) is 1. The molecule has 88 valence electrons. The van der Waals surface area contributed by atoms with Gasteiger partial charge in [0, 0.05) is 11.8 Å². The highest BCUT2D eigenvalue weighted by atomic mass is 32.2. The Balaban J connectivity index is 2.88. The Bertz CT molecular complexity index is 408. The Morgan fingerprint density at radius 3 is 2.50 bits per heavy atom. The van der Waals surface area contributed by atoms with Crippen molar-refractivity contribution in [3.63, 3.8) is 0 Å². The van der Waals surface area contributed by atoms with Gasteiger partial charge in [-0.25, -0.2) is 4.21 Å². The second kappa shape index (κ2) is 5.25. The molecule has 1 rings (SSSR count). The molecule has 1 aromatic carbocycles. The van der Waals surface area contributed by atoms with Crippen molar-refractivity contribution in [2.45, 2.75) is 25.5 Å². The van der Waals surface area contributed by atoms with Crippen LogP contribution in [0.2, 0.25) is 0 Å². The molecule has 0 spiro atoms. The van der Waals surface area contributed by atoms with Crippen LogP contribution in [0.5, 0.6) is 5.75 Å². The second-order valence-corrected chi connectivity index (χ2v) is 6.27. The zero-order valence-corrected chi connectivity index (χ0v) is 10.9. The van der Waals surface area contributed by atoms with E-state index in [0.29, 0.717) is 0 Å². The fraction of sp³-hybridized carbons (Fsp3) is 0.417. The average molecular weight is 239 g/mol. The van der Waals surface area contributed by atoms with Gasteiger partial charge in [0.05, 0.1) is 11.9 Å². The summed E-state index contributed by atoms with van der Waals surface area (Å²) in [6.45, 7) is 5.67. The maximum absolute atomic E-state index is 11.7. The zero-order chi connectivity index (χ0) is 12.2. The molecule has 0 aliphatic carbocycles. The lowest BCUT2D eigenvalue weighted by Crippen LogP contribution is -2.19. The molecule has 16 heavy (non-hydrogen) atoms. The molecule has 0 saturated carbocycles. The molecule has 0 aliphatic heterocycles. The molecule has 1 aromatic rings. The van der Waals surface area contributed by atoms with Crippen molar-refractivity contribution in [1.29, 1.82) is 0 Å². The molecule has 0 radical (unpaired) electrons. The Morgan fingerprint density at radius 1 is 1.31 bits per heavy atom. The highest BCUT2D eigenvalue weighted by molar-refractivity contribution is 7.85. The third-order valence-corrected chi connectivity index (χ3v) is 3.29. The molecule has 0 bridgehead atoms. The maximum atomic E-state index is 11.7. The van der Waals surface area contributed by atoms with E-state index in [-0.39, 0.29) is 4.75 Å². The molecule has 4 heteroatoms. The van der Waals surface area contributed by atoms with Crippen LogP contribution in [0.15, 0.2) is 28.7 Å². The van der Waals surface area contributed by atoms with Gasteiger partial charge < -0.3 is 4.74 Å². The van der Waals surface area contributed by atoms with Crippen molar-refractivity contribution in [1.82, 2.24) is 0 Å². The minimum Gasteiger partial charge on any atom is -0.496 e. The number of hydrogen-bond acceptors (Lipinski definition) is 2. The number of benzene rings is 1. The number of rotatable bonds is 3. The minimum atomic E-state index is -1.23. The first-order valence-corrected chi connectivity index (χ1v) is 6.15. The topological polar surface area (TPSA) is 38.7 Å². The normalized spacial score (nSPS) is 14.0. The first kappa shape index (κ1) is 12.9. The molecular formula is C12H17NO2S. The molecule has 0 fully saturated rings. The monoisotopic (exact) mass is 239 g/mol. The lowest BCUT2D eigenvalue weighted by molar-refractivity contribution is 0.414. The third kappa shape index (κ3) is 3.45. The Hall–Kier alpha value is -1.16. The van der Waals surface area contributed by atoms with E-state index in [2.05, 4.69) is 4.40 Å². The first-order valence-electron chi connectivity index (χ1n) is 5.04.